The van der Waals surface area contributed by atoms with E-state index in [1.165, 1.54) is 43.4 Å². The van der Waals surface area contributed by atoms with Crippen molar-refractivity contribution in [3.63, 3.8) is 0 Å². The molecule has 0 aromatic heterocycles. The maximum Gasteiger partial charge on any atom is 0.0340 e. The van der Waals surface area contributed by atoms with Gasteiger partial charge in [0.05, 0.1) is 0 Å². The molecule has 1 saturated carbocycles. The average molecular weight is 274 g/mol. The van der Waals surface area contributed by atoms with Crippen LogP contribution in [0.3, 0.4) is 0 Å². The zero-order valence-corrected chi connectivity index (χ0v) is 13.3. The summed E-state index contributed by atoms with van der Waals surface area (Å²) in [6, 6.07) is 9.43. The summed E-state index contributed by atoms with van der Waals surface area (Å²) in [5.41, 5.74) is 8.90. The van der Waals surface area contributed by atoms with Crippen molar-refractivity contribution in [1.82, 2.24) is 0 Å². The first kappa shape index (κ1) is 15.4. The zero-order valence-electron chi connectivity index (χ0n) is 13.3. The molecule has 0 saturated heterocycles. The normalized spacial score (nSPS) is 23.6. The maximum atomic E-state index is 5.95. The molecule has 0 radical (unpaired) electrons. The SMILES string of the molecule is CCC(C)(C)c1ccc(NCC2CCC(N)CC2)cc1. The molecule has 0 spiro atoms. The molecule has 0 bridgehead atoms. The number of hydrogen-bond donors (Lipinski definition) is 2. The standard InChI is InChI=1S/C18H30N2/c1-4-18(2,3)15-7-11-17(12-8-15)20-13-14-5-9-16(19)10-6-14/h7-8,11-12,14,16,20H,4-6,9-10,13,19H2,1-3H3. The van der Waals surface area contributed by atoms with Crippen LogP contribution in [0.5, 0.6) is 0 Å². The number of nitrogens with one attached hydrogen (secondary N) is 1. The van der Waals surface area contributed by atoms with E-state index < -0.39 is 0 Å². The Hall–Kier alpha value is -1.02. The van der Waals surface area contributed by atoms with Crippen molar-refractivity contribution < 1.29 is 0 Å². The number of rotatable bonds is 5. The summed E-state index contributed by atoms with van der Waals surface area (Å²) in [5, 5.41) is 3.59. The van der Waals surface area contributed by atoms with E-state index in [0.29, 0.717) is 6.04 Å². The Morgan fingerprint density at radius 1 is 1.10 bits per heavy atom. The summed E-state index contributed by atoms with van der Waals surface area (Å²) in [7, 11) is 0. The van der Waals surface area contributed by atoms with Gasteiger partial charge >= 0.3 is 0 Å². The largest absolute Gasteiger partial charge is 0.385 e. The molecule has 1 aliphatic rings. The van der Waals surface area contributed by atoms with Crippen molar-refractivity contribution in [3.8, 4) is 0 Å². The van der Waals surface area contributed by atoms with Crippen LogP contribution in [-0.2, 0) is 5.41 Å². The topological polar surface area (TPSA) is 38.0 Å². The van der Waals surface area contributed by atoms with Crippen LogP contribution in [0.2, 0.25) is 0 Å². The fraction of sp³-hybridized carbons (Fsp3) is 0.667. The molecule has 0 atom stereocenters. The molecule has 0 aliphatic heterocycles. The first-order valence-corrected chi connectivity index (χ1v) is 8.11. The van der Waals surface area contributed by atoms with Gasteiger partial charge in [0, 0.05) is 18.3 Å². The molecule has 0 amide bonds. The molecular weight excluding hydrogens is 244 g/mol. The summed E-state index contributed by atoms with van der Waals surface area (Å²) in [4.78, 5) is 0. The van der Waals surface area contributed by atoms with E-state index in [0.717, 1.165) is 12.5 Å². The van der Waals surface area contributed by atoms with Gasteiger partial charge in [-0.25, -0.2) is 0 Å². The van der Waals surface area contributed by atoms with Gasteiger partial charge in [-0.15, -0.1) is 0 Å². The molecule has 2 heteroatoms. The van der Waals surface area contributed by atoms with E-state index in [4.69, 9.17) is 5.73 Å². The lowest BCUT2D eigenvalue weighted by Crippen LogP contribution is -2.29. The highest BCUT2D eigenvalue weighted by Crippen LogP contribution is 2.28. The first-order chi connectivity index (χ1) is 9.51. The minimum Gasteiger partial charge on any atom is -0.385 e. The third-order valence-corrected chi connectivity index (χ3v) is 5.04. The highest BCUT2D eigenvalue weighted by molar-refractivity contribution is 5.45. The van der Waals surface area contributed by atoms with Gasteiger partial charge in [0.25, 0.3) is 0 Å². The lowest BCUT2D eigenvalue weighted by Gasteiger charge is -2.27. The molecule has 2 rings (SSSR count). The van der Waals surface area contributed by atoms with Crippen molar-refractivity contribution in [2.45, 2.75) is 64.3 Å². The van der Waals surface area contributed by atoms with Gasteiger partial charge in [0.1, 0.15) is 0 Å². The van der Waals surface area contributed by atoms with Gasteiger partial charge in [-0.2, -0.15) is 0 Å². The summed E-state index contributed by atoms with van der Waals surface area (Å²) >= 11 is 0. The van der Waals surface area contributed by atoms with Crippen molar-refractivity contribution in [2.75, 3.05) is 11.9 Å². The number of anilines is 1. The van der Waals surface area contributed by atoms with Gasteiger partial charge in [0.15, 0.2) is 0 Å². The second kappa shape index (κ2) is 6.62. The number of nitrogens with two attached hydrogens (primary N) is 1. The Labute approximate surface area is 124 Å². The highest BCUT2D eigenvalue weighted by Gasteiger charge is 2.19. The van der Waals surface area contributed by atoms with E-state index in [1.54, 1.807) is 0 Å². The van der Waals surface area contributed by atoms with Crippen LogP contribution < -0.4 is 11.1 Å². The van der Waals surface area contributed by atoms with Crippen molar-refractivity contribution >= 4 is 5.69 Å². The molecule has 0 unspecified atom stereocenters. The lowest BCUT2D eigenvalue weighted by atomic mass is 9.82. The highest BCUT2D eigenvalue weighted by atomic mass is 14.9. The zero-order chi connectivity index (χ0) is 14.6. The predicted octanol–water partition coefficient (Wildman–Crippen LogP) is 4.30. The molecule has 3 N–H and O–H groups in total. The molecule has 112 valence electrons. The Morgan fingerprint density at radius 2 is 1.70 bits per heavy atom. The molecule has 1 aromatic rings. The lowest BCUT2D eigenvalue weighted by molar-refractivity contribution is 0.339. The van der Waals surface area contributed by atoms with Gasteiger partial charge in [-0.05, 0) is 61.1 Å². The minimum absolute atomic E-state index is 0.276. The van der Waals surface area contributed by atoms with Crippen LogP contribution in [0.4, 0.5) is 5.69 Å². The first-order valence-electron chi connectivity index (χ1n) is 8.11. The molecule has 1 aliphatic carbocycles. The van der Waals surface area contributed by atoms with Gasteiger partial charge in [0.2, 0.25) is 0 Å². The minimum atomic E-state index is 0.276. The average Bonchev–Trinajstić information content (AvgIpc) is 2.47. The fourth-order valence-electron chi connectivity index (χ4n) is 2.90. The van der Waals surface area contributed by atoms with Crippen LogP contribution in [0, 0.1) is 5.92 Å². The third-order valence-electron chi connectivity index (χ3n) is 5.04. The second-order valence-corrected chi connectivity index (χ2v) is 6.98. The molecular formula is C18H30N2. The third kappa shape index (κ3) is 3.99. The van der Waals surface area contributed by atoms with E-state index in [1.807, 2.05) is 0 Å². The van der Waals surface area contributed by atoms with Crippen molar-refractivity contribution in [3.05, 3.63) is 29.8 Å². The monoisotopic (exact) mass is 274 g/mol. The molecule has 1 aromatic carbocycles. The second-order valence-electron chi connectivity index (χ2n) is 6.98. The molecule has 2 nitrogen and oxygen atoms in total. The molecule has 0 heterocycles. The van der Waals surface area contributed by atoms with E-state index >= 15 is 0 Å². The predicted molar refractivity (Wildman–Crippen MR) is 88.2 cm³/mol. The van der Waals surface area contributed by atoms with E-state index in [2.05, 4.69) is 50.4 Å². The molecule has 20 heavy (non-hydrogen) atoms. The Morgan fingerprint density at radius 3 is 2.25 bits per heavy atom. The summed E-state index contributed by atoms with van der Waals surface area (Å²) in [5.74, 6) is 0.793. The Kier molecular flexibility index (Phi) is 5.09. The van der Waals surface area contributed by atoms with Crippen LogP contribution in [0.1, 0.15) is 58.4 Å². The van der Waals surface area contributed by atoms with Crippen LogP contribution in [-0.4, -0.2) is 12.6 Å². The van der Waals surface area contributed by atoms with Gasteiger partial charge < -0.3 is 11.1 Å². The van der Waals surface area contributed by atoms with Crippen LogP contribution >= 0.6 is 0 Å². The summed E-state index contributed by atoms with van der Waals surface area (Å²) < 4.78 is 0. The van der Waals surface area contributed by atoms with E-state index in [9.17, 15) is 0 Å². The Bertz CT molecular complexity index is 400. The Balaban J connectivity index is 1.85. The van der Waals surface area contributed by atoms with Crippen LogP contribution in [0.25, 0.3) is 0 Å². The summed E-state index contributed by atoms with van der Waals surface area (Å²) in [6.07, 6.45) is 6.10. The summed E-state index contributed by atoms with van der Waals surface area (Å²) in [6.45, 7) is 7.95. The van der Waals surface area contributed by atoms with E-state index in [-0.39, 0.29) is 5.41 Å². The number of benzene rings is 1. The maximum absolute atomic E-state index is 5.95. The van der Waals surface area contributed by atoms with Crippen LogP contribution in [0.15, 0.2) is 24.3 Å². The van der Waals surface area contributed by atoms with Crippen molar-refractivity contribution in [2.24, 2.45) is 11.7 Å². The number of hydrogen-bond acceptors (Lipinski definition) is 2. The van der Waals surface area contributed by atoms with Gasteiger partial charge in [-0.3, -0.25) is 0 Å². The van der Waals surface area contributed by atoms with Gasteiger partial charge in [-0.1, -0.05) is 32.9 Å². The molecule has 1 fully saturated rings. The van der Waals surface area contributed by atoms with Crippen molar-refractivity contribution in [1.29, 1.82) is 0 Å². The fourth-order valence-corrected chi connectivity index (χ4v) is 2.90. The smallest absolute Gasteiger partial charge is 0.0340 e. The quantitative estimate of drug-likeness (QED) is 0.840.